The Bertz CT molecular complexity index is 780. The zero-order chi connectivity index (χ0) is 18.9. The minimum atomic E-state index is -3.54. The third-order valence-electron chi connectivity index (χ3n) is 5.00. The normalized spacial score (nSPS) is 19.7. The van der Waals surface area contributed by atoms with Crippen LogP contribution in [-0.4, -0.2) is 59.8 Å². The Morgan fingerprint density at radius 1 is 1.12 bits per heavy atom. The van der Waals surface area contributed by atoms with E-state index in [2.05, 4.69) is 0 Å². The average Bonchev–Trinajstić information content (AvgIpc) is 3.47. The molecule has 1 aliphatic carbocycles. The van der Waals surface area contributed by atoms with Gasteiger partial charge in [-0.2, -0.15) is 4.31 Å². The summed E-state index contributed by atoms with van der Waals surface area (Å²) in [5.41, 5.74) is 0.308. The van der Waals surface area contributed by atoms with Gasteiger partial charge in [0.2, 0.25) is 10.0 Å². The number of hydrogen-bond acceptors (Lipinski definition) is 4. The second-order valence-corrected chi connectivity index (χ2v) is 8.88. The van der Waals surface area contributed by atoms with Crippen LogP contribution >= 0.6 is 0 Å². The summed E-state index contributed by atoms with van der Waals surface area (Å²) in [6.45, 7) is 2.54. The second-order valence-electron chi connectivity index (χ2n) is 6.95. The maximum absolute atomic E-state index is 12.7. The molecule has 1 aromatic rings. The molecule has 142 valence electrons. The summed E-state index contributed by atoms with van der Waals surface area (Å²) >= 11 is 0. The van der Waals surface area contributed by atoms with E-state index in [1.807, 2.05) is 0 Å². The topological polar surface area (TPSA) is 95.0 Å². The number of carbonyl (C=O) groups is 2. The molecule has 1 atom stereocenters. The van der Waals surface area contributed by atoms with Crippen molar-refractivity contribution in [1.29, 1.82) is 0 Å². The minimum Gasteiger partial charge on any atom is -0.480 e. The van der Waals surface area contributed by atoms with Gasteiger partial charge in [-0.25, -0.2) is 13.2 Å². The van der Waals surface area contributed by atoms with E-state index in [9.17, 15) is 23.1 Å². The summed E-state index contributed by atoms with van der Waals surface area (Å²) < 4.78 is 26.8. The molecule has 0 bridgehead atoms. The number of nitrogens with zero attached hydrogens (tertiary/aromatic N) is 2. The number of hydrogen-bond donors (Lipinski definition) is 1. The number of carboxylic acids is 1. The highest BCUT2D eigenvalue weighted by Crippen LogP contribution is 2.30. The Hall–Kier alpha value is -1.93. The van der Waals surface area contributed by atoms with Crippen LogP contribution in [0.1, 0.15) is 49.4 Å². The highest BCUT2D eigenvalue weighted by atomic mass is 32.2. The Balaban J connectivity index is 1.80. The molecular formula is C18H24N2O5S. The van der Waals surface area contributed by atoms with Crippen molar-refractivity contribution in [2.75, 3.05) is 13.1 Å². The lowest BCUT2D eigenvalue weighted by Crippen LogP contribution is -2.44. The Kier molecular flexibility index (Phi) is 5.34. The second kappa shape index (κ2) is 7.36. The van der Waals surface area contributed by atoms with Crippen molar-refractivity contribution in [3.63, 3.8) is 0 Å². The van der Waals surface area contributed by atoms with Crippen LogP contribution in [0.15, 0.2) is 29.2 Å². The SMILES string of the molecule is CC(C(=O)O)N(C(=O)c1ccc(S(=O)(=O)N2CCCCC2)cc1)C1CC1. The largest absolute Gasteiger partial charge is 0.480 e. The molecule has 1 saturated heterocycles. The molecule has 1 saturated carbocycles. The summed E-state index contributed by atoms with van der Waals surface area (Å²) in [6, 6.07) is 4.87. The molecule has 1 heterocycles. The Morgan fingerprint density at radius 2 is 1.69 bits per heavy atom. The number of piperidine rings is 1. The fourth-order valence-electron chi connectivity index (χ4n) is 3.30. The molecule has 2 fully saturated rings. The van der Waals surface area contributed by atoms with E-state index < -0.39 is 22.0 Å². The van der Waals surface area contributed by atoms with Crippen molar-refractivity contribution in [3.05, 3.63) is 29.8 Å². The van der Waals surface area contributed by atoms with Crippen LogP contribution in [0.25, 0.3) is 0 Å². The molecule has 3 rings (SSSR count). The van der Waals surface area contributed by atoms with Gasteiger partial charge in [-0.3, -0.25) is 4.79 Å². The third-order valence-corrected chi connectivity index (χ3v) is 6.92. The zero-order valence-corrected chi connectivity index (χ0v) is 15.6. The molecule has 1 N–H and O–H groups in total. The van der Waals surface area contributed by atoms with E-state index in [-0.39, 0.29) is 16.8 Å². The van der Waals surface area contributed by atoms with Crippen molar-refractivity contribution < 1.29 is 23.1 Å². The predicted molar refractivity (Wildman–Crippen MR) is 95.3 cm³/mol. The number of sulfonamides is 1. The lowest BCUT2D eigenvalue weighted by atomic mass is 10.1. The molecule has 2 aliphatic rings. The molecule has 26 heavy (non-hydrogen) atoms. The van der Waals surface area contributed by atoms with Gasteiger partial charge in [0.25, 0.3) is 5.91 Å². The summed E-state index contributed by atoms with van der Waals surface area (Å²) in [6.07, 6.45) is 4.35. The quantitative estimate of drug-likeness (QED) is 0.814. The van der Waals surface area contributed by atoms with Crippen LogP contribution in [0.5, 0.6) is 0 Å². The molecule has 1 aromatic carbocycles. The zero-order valence-electron chi connectivity index (χ0n) is 14.8. The van der Waals surface area contributed by atoms with Gasteiger partial charge in [-0.15, -0.1) is 0 Å². The molecule has 7 nitrogen and oxygen atoms in total. The van der Waals surface area contributed by atoms with Crippen molar-refractivity contribution in [2.45, 2.75) is 56.0 Å². The van der Waals surface area contributed by atoms with Crippen LogP contribution in [0.4, 0.5) is 0 Å². The lowest BCUT2D eigenvalue weighted by molar-refractivity contribution is -0.141. The fourth-order valence-corrected chi connectivity index (χ4v) is 4.82. The summed E-state index contributed by atoms with van der Waals surface area (Å²) in [5.74, 6) is -1.42. The van der Waals surface area contributed by atoms with Crippen LogP contribution < -0.4 is 0 Å². The van der Waals surface area contributed by atoms with Gasteiger partial charge in [0.1, 0.15) is 6.04 Å². The number of rotatable bonds is 6. The first-order valence-electron chi connectivity index (χ1n) is 8.98. The first kappa shape index (κ1) is 18.8. The number of aliphatic carboxylic acids is 1. The van der Waals surface area contributed by atoms with Gasteiger partial charge in [0.15, 0.2) is 0 Å². The van der Waals surface area contributed by atoms with Gasteiger partial charge in [0.05, 0.1) is 4.90 Å². The Labute approximate surface area is 153 Å². The standard InChI is InChI=1S/C18H24N2O5S/c1-13(18(22)23)20(15-7-8-15)17(21)14-5-9-16(10-6-14)26(24,25)19-11-3-2-4-12-19/h5-6,9-10,13,15H,2-4,7-8,11-12H2,1H3,(H,22,23). The molecule has 8 heteroatoms. The van der Waals surface area contributed by atoms with Crippen LogP contribution in [0.2, 0.25) is 0 Å². The van der Waals surface area contributed by atoms with E-state index in [1.165, 1.54) is 40.4 Å². The van der Waals surface area contributed by atoms with Crippen molar-refractivity contribution in [2.24, 2.45) is 0 Å². The van der Waals surface area contributed by atoms with E-state index in [0.717, 1.165) is 32.1 Å². The van der Waals surface area contributed by atoms with Crippen molar-refractivity contribution in [1.82, 2.24) is 9.21 Å². The van der Waals surface area contributed by atoms with Crippen molar-refractivity contribution in [3.8, 4) is 0 Å². The van der Waals surface area contributed by atoms with Gasteiger partial charge in [-0.05, 0) is 56.9 Å². The van der Waals surface area contributed by atoms with Crippen LogP contribution in [-0.2, 0) is 14.8 Å². The smallest absolute Gasteiger partial charge is 0.326 e. The molecule has 1 amide bonds. The van der Waals surface area contributed by atoms with Gasteiger partial charge in [0, 0.05) is 24.7 Å². The van der Waals surface area contributed by atoms with Crippen molar-refractivity contribution >= 4 is 21.9 Å². The predicted octanol–water partition coefficient (Wildman–Crippen LogP) is 1.94. The van der Waals surface area contributed by atoms with E-state index in [4.69, 9.17) is 0 Å². The van der Waals surface area contributed by atoms with E-state index in [0.29, 0.717) is 18.7 Å². The Morgan fingerprint density at radius 3 is 2.19 bits per heavy atom. The highest BCUT2D eigenvalue weighted by Gasteiger charge is 2.38. The molecular weight excluding hydrogens is 356 g/mol. The monoisotopic (exact) mass is 380 g/mol. The van der Waals surface area contributed by atoms with Crippen LogP contribution in [0, 0.1) is 0 Å². The van der Waals surface area contributed by atoms with Crippen LogP contribution in [0.3, 0.4) is 0 Å². The first-order chi connectivity index (χ1) is 12.3. The molecule has 0 aromatic heterocycles. The molecule has 0 spiro atoms. The molecule has 1 aliphatic heterocycles. The number of carboxylic acid groups (broad SMARTS) is 1. The molecule has 0 radical (unpaired) electrons. The maximum atomic E-state index is 12.7. The lowest BCUT2D eigenvalue weighted by Gasteiger charge is -2.27. The van der Waals surface area contributed by atoms with E-state index >= 15 is 0 Å². The van der Waals surface area contributed by atoms with Gasteiger partial charge in [-0.1, -0.05) is 6.42 Å². The maximum Gasteiger partial charge on any atom is 0.326 e. The summed E-state index contributed by atoms with van der Waals surface area (Å²) in [5, 5.41) is 9.24. The third kappa shape index (κ3) is 3.76. The first-order valence-corrected chi connectivity index (χ1v) is 10.4. The molecule has 1 unspecified atom stereocenters. The number of benzene rings is 1. The van der Waals surface area contributed by atoms with Gasteiger partial charge >= 0.3 is 5.97 Å². The highest BCUT2D eigenvalue weighted by molar-refractivity contribution is 7.89. The minimum absolute atomic E-state index is 0.0506. The average molecular weight is 380 g/mol. The van der Waals surface area contributed by atoms with Gasteiger partial charge < -0.3 is 10.0 Å². The summed E-state index contributed by atoms with van der Waals surface area (Å²) in [4.78, 5) is 25.6. The number of carbonyl (C=O) groups excluding carboxylic acids is 1. The summed E-state index contributed by atoms with van der Waals surface area (Å²) in [7, 11) is -3.54. The fraction of sp³-hybridized carbons (Fsp3) is 0.556. The number of amides is 1. The van der Waals surface area contributed by atoms with E-state index in [1.54, 1.807) is 0 Å².